The standard InChI is InChI=1S/C24H26N6O7/c1-4-35-22(32)28-20(29-23(33)36-5-2)25-16-9-7-8-14(12-16)19(31)15-10-11-17-18(13-15)27-21(26-17)30-24(34)37-6-3/h7-13H,4-6H2,1-3H3,(H2,26,27,30,34)(H2,25,28,29,32,33). The predicted octanol–water partition coefficient (Wildman–Crippen LogP) is 3.84. The number of hydrogen-bond acceptors (Lipinski definition) is 9. The van der Waals surface area contributed by atoms with Crippen LogP contribution in [0.3, 0.4) is 0 Å². The molecule has 13 nitrogen and oxygen atoms in total. The molecule has 1 heterocycles. The Morgan fingerprint density at radius 2 is 1.46 bits per heavy atom. The number of nitrogens with zero attached hydrogens (tertiary/aromatic N) is 2. The number of amides is 3. The third kappa shape index (κ3) is 7.52. The smallest absolute Gasteiger partial charge is 0.413 e. The first kappa shape index (κ1) is 26.7. The molecular weight excluding hydrogens is 484 g/mol. The molecule has 3 aromatic rings. The van der Waals surface area contributed by atoms with Crippen LogP contribution in [0.2, 0.25) is 0 Å². The van der Waals surface area contributed by atoms with Crippen molar-refractivity contribution in [2.45, 2.75) is 20.8 Å². The molecule has 3 rings (SSSR count). The molecule has 0 saturated heterocycles. The number of ether oxygens (including phenoxy) is 3. The van der Waals surface area contributed by atoms with E-state index in [1.165, 1.54) is 6.07 Å². The van der Waals surface area contributed by atoms with Crippen molar-refractivity contribution in [2.24, 2.45) is 4.99 Å². The number of rotatable bonds is 7. The molecule has 0 aliphatic heterocycles. The molecule has 0 aliphatic carbocycles. The Bertz CT molecular complexity index is 1310. The summed E-state index contributed by atoms with van der Waals surface area (Å²) >= 11 is 0. The van der Waals surface area contributed by atoms with Gasteiger partial charge in [0, 0.05) is 11.1 Å². The maximum absolute atomic E-state index is 13.2. The predicted molar refractivity (Wildman–Crippen MR) is 134 cm³/mol. The SMILES string of the molecule is CCOC(=O)NC(=Nc1cccc(C(=O)c2ccc3nc(NC(=O)OCC)[nH]c3c2)c1)NC(=O)OCC. The number of hydrogen-bond donors (Lipinski definition) is 4. The van der Waals surface area contributed by atoms with Crippen LogP contribution in [-0.4, -0.2) is 59.8 Å². The summed E-state index contributed by atoms with van der Waals surface area (Å²) in [6.45, 7) is 5.39. The van der Waals surface area contributed by atoms with Crippen LogP contribution in [0, 0.1) is 0 Å². The average Bonchev–Trinajstić information content (AvgIpc) is 3.25. The summed E-state index contributed by atoms with van der Waals surface area (Å²) in [7, 11) is 0. The fraction of sp³-hybridized carbons (Fsp3) is 0.250. The highest BCUT2D eigenvalue weighted by atomic mass is 16.6. The minimum absolute atomic E-state index is 0.115. The van der Waals surface area contributed by atoms with E-state index in [2.05, 4.69) is 30.9 Å². The number of imidazole rings is 1. The highest BCUT2D eigenvalue weighted by molar-refractivity contribution is 6.11. The van der Waals surface area contributed by atoms with Crippen LogP contribution in [0.25, 0.3) is 11.0 Å². The van der Waals surface area contributed by atoms with Gasteiger partial charge in [-0.15, -0.1) is 0 Å². The van der Waals surface area contributed by atoms with Gasteiger partial charge in [0.2, 0.25) is 11.9 Å². The summed E-state index contributed by atoms with van der Waals surface area (Å²) in [5.74, 6) is -0.362. The number of anilines is 1. The highest BCUT2D eigenvalue weighted by Gasteiger charge is 2.15. The number of guanidine groups is 1. The average molecular weight is 511 g/mol. The van der Waals surface area contributed by atoms with Crippen LogP contribution in [0.15, 0.2) is 47.5 Å². The van der Waals surface area contributed by atoms with Crippen LogP contribution < -0.4 is 16.0 Å². The molecule has 0 spiro atoms. The van der Waals surface area contributed by atoms with Gasteiger partial charge < -0.3 is 19.2 Å². The number of benzene rings is 2. The molecule has 37 heavy (non-hydrogen) atoms. The molecule has 0 unspecified atom stereocenters. The van der Waals surface area contributed by atoms with Gasteiger partial charge in [0.1, 0.15) is 0 Å². The summed E-state index contributed by atoms with van der Waals surface area (Å²) in [4.78, 5) is 59.9. The Hall–Kier alpha value is -4.94. The molecule has 0 bridgehead atoms. The summed E-state index contributed by atoms with van der Waals surface area (Å²) in [5, 5.41) is 7.12. The molecule has 13 heteroatoms. The van der Waals surface area contributed by atoms with Gasteiger partial charge in [0.05, 0.1) is 36.5 Å². The van der Waals surface area contributed by atoms with Crippen molar-refractivity contribution in [3.8, 4) is 0 Å². The van der Waals surface area contributed by atoms with Crippen molar-refractivity contribution in [1.29, 1.82) is 0 Å². The topological polar surface area (TPSA) is 173 Å². The molecule has 194 valence electrons. The van der Waals surface area contributed by atoms with E-state index in [9.17, 15) is 19.2 Å². The minimum atomic E-state index is -0.824. The first-order valence-corrected chi connectivity index (χ1v) is 11.4. The Morgan fingerprint density at radius 3 is 2.11 bits per heavy atom. The van der Waals surface area contributed by atoms with Gasteiger partial charge in [-0.25, -0.2) is 24.4 Å². The zero-order valence-corrected chi connectivity index (χ0v) is 20.4. The van der Waals surface area contributed by atoms with Crippen LogP contribution in [0.5, 0.6) is 0 Å². The number of fused-ring (bicyclic) bond motifs is 1. The first-order valence-electron chi connectivity index (χ1n) is 11.4. The molecule has 2 aromatic carbocycles. The van der Waals surface area contributed by atoms with Crippen LogP contribution >= 0.6 is 0 Å². The van der Waals surface area contributed by atoms with Gasteiger partial charge in [-0.05, 0) is 51.1 Å². The lowest BCUT2D eigenvalue weighted by Gasteiger charge is -2.10. The summed E-state index contributed by atoms with van der Waals surface area (Å²) in [5.41, 5.74) is 2.01. The van der Waals surface area contributed by atoms with E-state index in [1.807, 2.05) is 0 Å². The quantitative estimate of drug-likeness (QED) is 0.161. The Morgan fingerprint density at radius 1 is 0.838 bits per heavy atom. The van der Waals surface area contributed by atoms with Gasteiger partial charge in [0.25, 0.3) is 0 Å². The van der Waals surface area contributed by atoms with Crippen molar-refractivity contribution in [1.82, 2.24) is 20.6 Å². The van der Waals surface area contributed by atoms with E-state index >= 15 is 0 Å². The van der Waals surface area contributed by atoms with Crippen molar-refractivity contribution in [2.75, 3.05) is 25.1 Å². The number of alkyl carbamates (subject to hydrolysis) is 2. The van der Waals surface area contributed by atoms with Gasteiger partial charge in [0.15, 0.2) is 5.78 Å². The van der Waals surface area contributed by atoms with E-state index in [0.29, 0.717) is 22.2 Å². The first-order chi connectivity index (χ1) is 17.8. The van der Waals surface area contributed by atoms with Gasteiger partial charge in [-0.2, -0.15) is 0 Å². The molecule has 1 aromatic heterocycles. The Labute approximate surface area is 211 Å². The van der Waals surface area contributed by atoms with E-state index in [-0.39, 0.29) is 43.2 Å². The van der Waals surface area contributed by atoms with E-state index in [1.54, 1.807) is 57.2 Å². The highest BCUT2D eigenvalue weighted by Crippen LogP contribution is 2.21. The fourth-order valence-electron chi connectivity index (χ4n) is 3.10. The van der Waals surface area contributed by atoms with E-state index < -0.39 is 18.3 Å². The molecule has 0 fully saturated rings. The molecule has 3 amide bonds. The number of ketones is 1. The summed E-state index contributed by atoms with van der Waals surface area (Å²) in [6, 6.07) is 11.1. The lowest BCUT2D eigenvalue weighted by Crippen LogP contribution is -2.44. The zero-order chi connectivity index (χ0) is 26.8. The third-order valence-electron chi connectivity index (χ3n) is 4.58. The molecule has 0 aliphatic rings. The maximum Gasteiger partial charge on any atom is 0.413 e. The van der Waals surface area contributed by atoms with Gasteiger partial charge in [-0.3, -0.25) is 20.7 Å². The fourth-order valence-corrected chi connectivity index (χ4v) is 3.10. The molecule has 0 atom stereocenters. The van der Waals surface area contributed by atoms with E-state index in [0.717, 1.165) is 0 Å². The number of H-pyrrole nitrogens is 1. The van der Waals surface area contributed by atoms with E-state index in [4.69, 9.17) is 14.2 Å². The minimum Gasteiger partial charge on any atom is -0.450 e. The lowest BCUT2D eigenvalue weighted by molar-refractivity contribution is 0.103. The van der Waals surface area contributed by atoms with Crippen molar-refractivity contribution >= 4 is 52.7 Å². The second kappa shape index (κ2) is 12.7. The van der Waals surface area contributed by atoms with Crippen LogP contribution in [0.4, 0.5) is 26.0 Å². The molecule has 0 radical (unpaired) electrons. The molecular formula is C24H26N6O7. The number of aliphatic imine (C=N–C) groups is 1. The normalized spacial score (nSPS) is 10.2. The van der Waals surface area contributed by atoms with Gasteiger partial charge >= 0.3 is 18.3 Å². The number of nitrogens with one attached hydrogen (secondary N) is 4. The third-order valence-corrected chi connectivity index (χ3v) is 4.58. The number of carbonyl (C=O) groups excluding carboxylic acids is 4. The van der Waals surface area contributed by atoms with Gasteiger partial charge in [-0.1, -0.05) is 12.1 Å². The van der Waals surface area contributed by atoms with Crippen molar-refractivity contribution in [3.05, 3.63) is 53.6 Å². The monoisotopic (exact) mass is 510 g/mol. The van der Waals surface area contributed by atoms with Crippen LogP contribution in [-0.2, 0) is 14.2 Å². The Balaban J connectivity index is 1.84. The van der Waals surface area contributed by atoms with Crippen molar-refractivity contribution in [3.63, 3.8) is 0 Å². The summed E-state index contributed by atoms with van der Waals surface area (Å²) in [6.07, 6.45) is -2.30. The zero-order valence-electron chi connectivity index (χ0n) is 20.4. The largest absolute Gasteiger partial charge is 0.450 e. The second-order valence-electron chi connectivity index (χ2n) is 7.19. The summed E-state index contributed by atoms with van der Waals surface area (Å²) < 4.78 is 14.5. The number of carbonyl (C=O) groups is 4. The molecule has 0 saturated carbocycles. The maximum atomic E-state index is 13.2. The molecule has 4 N–H and O–H groups in total. The second-order valence-corrected chi connectivity index (χ2v) is 7.19. The number of aromatic nitrogens is 2. The lowest BCUT2D eigenvalue weighted by atomic mass is 10.0. The van der Waals surface area contributed by atoms with Crippen LogP contribution in [0.1, 0.15) is 36.7 Å². The number of aromatic amines is 1. The Kier molecular flexibility index (Phi) is 9.13. The van der Waals surface area contributed by atoms with Crippen molar-refractivity contribution < 1.29 is 33.4 Å².